The summed E-state index contributed by atoms with van der Waals surface area (Å²) in [4.78, 5) is 2.43. The Hall–Kier alpha value is -0.120. The summed E-state index contributed by atoms with van der Waals surface area (Å²) in [6, 6.07) is 1.12. The van der Waals surface area contributed by atoms with Gasteiger partial charge in [-0.25, -0.2) is 0 Å². The molecule has 1 aliphatic rings. The quantitative estimate of drug-likeness (QED) is 0.739. The van der Waals surface area contributed by atoms with Crippen LogP contribution in [0.1, 0.15) is 40.0 Å². The van der Waals surface area contributed by atoms with E-state index in [9.17, 15) is 5.11 Å². The molecule has 0 bridgehead atoms. The van der Waals surface area contributed by atoms with Crippen LogP contribution in [-0.2, 0) is 0 Å². The second-order valence-electron chi connectivity index (χ2n) is 5.57. The number of nitrogens with zero attached hydrogens (tertiary/aromatic N) is 1. The van der Waals surface area contributed by atoms with E-state index in [1.807, 2.05) is 0 Å². The summed E-state index contributed by atoms with van der Waals surface area (Å²) in [5, 5.41) is 9.23. The molecule has 3 heteroatoms. The van der Waals surface area contributed by atoms with Crippen molar-refractivity contribution in [3.8, 4) is 0 Å². The molecule has 0 aromatic rings. The normalized spacial score (nSPS) is 34.0. The van der Waals surface area contributed by atoms with E-state index < -0.39 is 0 Å². The highest BCUT2D eigenvalue weighted by molar-refractivity contribution is 4.97. The minimum atomic E-state index is -0.324. The van der Waals surface area contributed by atoms with E-state index in [0.717, 1.165) is 19.3 Å². The van der Waals surface area contributed by atoms with E-state index >= 15 is 0 Å². The van der Waals surface area contributed by atoms with Crippen LogP contribution in [0.15, 0.2) is 0 Å². The molecule has 15 heavy (non-hydrogen) atoms. The van der Waals surface area contributed by atoms with Crippen LogP contribution in [-0.4, -0.2) is 41.3 Å². The number of nitrogens with two attached hydrogens (primary N) is 1. The predicted molar refractivity (Wildman–Crippen MR) is 63.7 cm³/mol. The van der Waals surface area contributed by atoms with Gasteiger partial charge in [-0.15, -0.1) is 0 Å². The van der Waals surface area contributed by atoms with Gasteiger partial charge in [-0.2, -0.15) is 0 Å². The van der Waals surface area contributed by atoms with E-state index in [1.165, 1.54) is 0 Å². The second kappa shape index (κ2) is 4.81. The summed E-state index contributed by atoms with van der Waals surface area (Å²) in [7, 11) is 2.18. The Balaban J connectivity index is 2.53. The van der Waals surface area contributed by atoms with E-state index in [-0.39, 0.29) is 12.1 Å². The molecule has 3 atom stereocenters. The molecule has 0 heterocycles. The Morgan fingerprint density at radius 2 is 2.07 bits per heavy atom. The van der Waals surface area contributed by atoms with Gasteiger partial charge >= 0.3 is 0 Å². The molecule has 0 aliphatic heterocycles. The zero-order chi connectivity index (χ0) is 11.6. The van der Waals surface area contributed by atoms with Gasteiger partial charge in [0, 0.05) is 17.6 Å². The first-order chi connectivity index (χ1) is 6.89. The number of aliphatic hydroxyl groups is 1. The first kappa shape index (κ1) is 12.9. The van der Waals surface area contributed by atoms with Gasteiger partial charge in [-0.05, 0) is 39.2 Å². The first-order valence-corrected chi connectivity index (χ1v) is 6.01. The molecule has 1 saturated carbocycles. The van der Waals surface area contributed by atoms with Gasteiger partial charge < -0.3 is 15.7 Å². The van der Waals surface area contributed by atoms with E-state index in [0.29, 0.717) is 18.0 Å². The van der Waals surface area contributed by atoms with Gasteiger partial charge in [-0.3, -0.25) is 0 Å². The predicted octanol–water partition coefficient (Wildman–Crippen LogP) is 1.20. The van der Waals surface area contributed by atoms with Crippen LogP contribution in [0, 0.1) is 5.92 Å². The Morgan fingerprint density at radius 3 is 2.47 bits per heavy atom. The molecule has 0 radical (unpaired) electrons. The fourth-order valence-corrected chi connectivity index (χ4v) is 2.42. The van der Waals surface area contributed by atoms with Gasteiger partial charge in [0.2, 0.25) is 0 Å². The van der Waals surface area contributed by atoms with Crippen molar-refractivity contribution in [2.75, 3.05) is 13.7 Å². The van der Waals surface area contributed by atoms with Gasteiger partial charge in [0.25, 0.3) is 0 Å². The minimum Gasteiger partial charge on any atom is -0.394 e. The smallest absolute Gasteiger partial charge is 0.0611 e. The first-order valence-electron chi connectivity index (χ1n) is 6.01. The SMILES string of the molecule is CC(C)C(C)N(C)C1CCC(N)(CO)C1. The summed E-state index contributed by atoms with van der Waals surface area (Å²) in [5.41, 5.74) is 5.76. The summed E-state index contributed by atoms with van der Waals surface area (Å²) >= 11 is 0. The van der Waals surface area contributed by atoms with Crippen molar-refractivity contribution in [3.63, 3.8) is 0 Å². The van der Waals surface area contributed by atoms with E-state index in [4.69, 9.17) is 5.73 Å². The van der Waals surface area contributed by atoms with Gasteiger partial charge in [0.05, 0.1) is 6.61 Å². The van der Waals surface area contributed by atoms with Crippen molar-refractivity contribution in [3.05, 3.63) is 0 Å². The molecule has 90 valence electrons. The molecule has 0 saturated heterocycles. The maximum Gasteiger partial charge on any atom is 0.0611 e. The molecular formula is C12H26N2O. The second-order valence-corrected chi connectivity index (χ2v) is 5.57. The Bertz CT molecular complexity index is 208. The molecule has 1 aliphatic carbocycles. The van der Waals surface area contributed by atoms with Crippen LogP contribution in [0.3, 0.4) is 0 Å². The number of rotatable bonds is 4. The molecule has 0 aromatic carbocycles. The van der Waals surface area contributed by atoms with Crippen molar-refractivity contribution in [1.29, 1.82) is 0 Å². The van der Waals surface area contributed by atoms with Crippen LogP contribution < -0.4 is 5.73 Å². The topological polar surface area (TPSA) is 49.5 Å². The van der Waals surface area contributed by atoms with Gasteiger partial charge in [0.15, 0.2) is 0 Å². The third kappa shape index (κ3) is 2.92. The fraction of sp³-hybridized carbons (Fsp3) is 1.00. The molecule has 0 aromatic heterocycles. The van der Waals surface area contributed by atoms with Crippen molar-refractivity contribution in [2.45, 2.75) is 57.7 Å². The molecule has 3 N–H and O–H groups in total. The third-order valence-corrected chi connectivity index (χ3v) is 4.12. The lowest BCUT2D eigenvalue weighted by molar-refractivity contribution is 0.135. The number of hydrogen-bond acceptors (Lipinski definition) is 3. The lowest BCUT2D eigenvalue weighted by atomic mass is 9.99. The highest BCUT2D eigenvalue weighted by Gasteiger charge is 2.38. The highest BCUT2D eigenvalue weighted by atomic mass is 16.3. The largest absolute Gasteiger partial charge is 0.394 e. The number of hydrogen-bond donors (Lipinski definition) is 2. The molecule has 3 nitrogen and oxygen atoms in total. The minimum absolute atomic E-state index is 0.118. The van der Waals surface area contributed by atoms with E-state index in [2.05, 4.69) is 32.7 Å². The Morgan fingerprint density at radius 1 is 1.47 bits per heavy atom. The summed E-state index contributed by atoms with van der Waals surface area (Å²) in [6.45, 7) is 6.88. The van der Waals surface area contributed by atoms with Crippen LogP contribution in [0.2, 0.25) is 0 Å². The van der Waals surface area contributed by atoms with Crippen LogP contribution >= 0.6 is 0 Å². The van der Waals surface area contributed by atoms with Crippen molar-refractivity contribution in [1.82, 2.24) is 4.90 Å². The molecular weight excluding hydrogens is 188 g/mol. The van der Waals surface area contributed by atoms with Crippen molar-refractivity contribution in [2.24, 2.45) is 11.7 Å². The van der Waals surface area contributed by atoms with Crippen LogP contribution in [0.5, 0.6) is 0 Å². The summed E-state index contributed by atoms with van der Waals surface area (Å²) in [6.07, 6.45) is 2.99. The fourth-order valence-electron chi connectivity index (χ4n) is 2.42. The Labute approximate surface area is 93.6 Å². The zero-order valence-corrected chi connectivity index (χ0v) is 10.5. The van der Waals surface area contributed by atoms with E-state index in [1.54, 1.807) is 0 Å². The van der Waals surface area contributed by atoms with Crippen molar-refractivity contribution < 1.29 is 5.11 Å². The maximum absolute atomic E-state index is 9.23. The van der Waals surface area contributed by atoms with Gasteiger partial charge in [0.1, 0.15) is 0 Å². The van der Waals surface area contributed by atoms with Crippen LogP contribution in [0.25, 0.3) is 0 Å². The molecule has 3 unspecified atom stereocenters. The summed E-state index contributed by atoms with van der Waals surface area (Å²) < 4.78 is 0. The highest BCUT2D eigenvalue weighted by Crippen LogP contribution is 2.31. The lowest BCUT2D eigenvalue weighted by Crippen LogP contribution is -2.45. The molecule has 1 fully saturated rings. The average molecular weight is 214 g/mol. The lowest BCUT2D eigenvalue weighted by Gasteiger charge is -2.34. The van der Waals surface area contributed by atoms with Crippen LogP contribution in [0.4, 0.5) is 0 Å². The molecule has 1 rings (SSSR count). The summed E-state index contributed by atoms with van der Waals surface area (Å²) in [5.74, 6) is 0.664. The monoisotopic (exact) mass is 214 g/mol. The molecule has 0 spiro atoms. The Kier molecular flexibility index (Phi) is 4.15. The average Bonchev–Trinajstić information content (AvgIpc) is 2.59. The van der Waals surface area contributed by atoms with Crippen molar-refractivity contribution >= 4 is 0 Å². The van der Waals surface area contributed by atoms with Gasteiger partial charge in [-0.1, -0.05) is 13.8 Å². The maximum atomic E-state index is 9.23. The third-order valence-electron chi connectivity index (χ3n) is 4.12. The standard InChI is InChI=1S/C12H26N2O/c1-9(2)10(3)14(4)11-5-6-12(13,7-11)8-15/h9-11,15H,5-8,13H2,1-4H3. The zero-order valence-electron chi connectivity index (χ0n) is 10.5. The number of aliphatic hydroxyl groups excluding tert-OH is 1. The molecule has 0 amide bonds.